The number of hydrogen-bond acceptors (Lipinski definition) is 4. The third kappa shape index (κ3) is 1.69. The maximum Gasteiger partial charge on any atom is 0.0898 e. The third-order valence-electron chi connectivity index (χ3n) is 3.02. The molecule has 1 aromatic heterocycles. The van der Waals surface area contributed by atoms with Crippen LogP contribution in [0, 0.1) is 12.8 Å². The van der Waals surface area contributed by atoms with Crippen molar-refractivity contribution in [3.63, 3.8) is 0 Å². The standard InChI is InChI=1S/C10H17N3S/c1-7-12-9(6-14-7)10-8(5-11)3-4-13(10)2/h6,8,10H,3-5,11H2,1-2H3. The lowest BCUT2D eigenvalue weighted by atomic mass is 9.99. The van der Waals surface area contributed by atoms with Crippen LogP contribution in [0.15, 0.2) is 5.38 Å². The Morgan fingerprint density at radius 2 is 2.50 bits per heavy atom. The summed E-state index contributed by atoms with van der Waals surface area (Å²) in [5, 5.41) is 3.32. The summed E-state index contributed by atoms with van der Waals surface area (Å²) in [5.41, 5.74) is 6.99. The van der Waals surface area contributed by atoms with Crippen molar-refractivity contribution in [3.05, 3.63) is 16.1 Å². The molecule has 0 aromatic carbocycles. The van der Waals surface area contributed by atoms with Crippen LogP contribution in [-0.4, -0.2) is 30.0 Å². The van der Waals surface area contributed by atoms with Gasteiger partial charge in [0.05, 0.1) is 16.7 Å². The molecule has 14 heavy (non-hydrogen) atoms. The maximum atomic E-state index is 5.78. The van der Waals surface area contributed by atoms with Gasteiger partial charge in [0.25, 0.3) is 0 Å². The second kappa shape index (κ2) is 3.96. The van der Waals surface area contributed by atoms with E-state index in [0.717, 1.165) is 18.1 Å². The van der Waals surface area contributed by atoms with E-state index in [9.17, 15) is 0 Å². The summed E-state index contributed by atoms with van der Waals surface area (Å²) in [7, 11) is 2.16. The summed E-state index contributed by atoms with van der Waals surface area (Å²) in [5.74, 6) is 0.585. The minimum Gasteiger partial charge on any atom is -0.330 e. The Hall–Kier alpha value is -0.450. The second-order valence-corrected chi connectivity index (χ2v) is 5.06. The van der Waals surface area contributed by atoms with Crippen LogP contribution in [0.4, 0.5) is 0 Å². The Balaban J connectivity index is 2.22. The molecular formula is C10H17N3S. The van der Waals surface area contributed by atoms with Crippen LogP contribution in [0.3, 0.4) is 0 Å². The van der Waals surface area contributed by atoms with E-state index in [4.69, 9.17) is 5.73 Å². The number of hydrogen-bond donors (Lipinski definition) is 1. The quantitative estimate of drug-likeness (QED) is 0.804. The Morgan fingerprint density at radius 1 is 1.71 bits per heavy atom. The Kier molecular flexibility index (Phi) is 2.85. The second-order valence-electron chi connectivity index (χ2n) is 4.00. The molecule has 0 bridgehead atoms. The van der Waals surface area contributed by atoms with Gasteiger partial charge in [-0.1, -0.05) is 0 Å². The number of rotatable bonds is 2. The lowest BCUT2D eigenvalue weighted by Gasteiger charge is -2.22. The van der Waals surface area contributed by atoms with Gasteiger partial charge in [-0.05, 0) is 39.4 Å². The van der Waals surface area contributed by atoms with Gasteiger partial charge in [0, 0.05) is 5.38 Å². The predicted octanol–water partition coefficient (Wildman–Crippen LogP) is 1.40. The van der Waals surface area contributed by atoms with Crippen LogP contribution in [-0.2, 0) is 0 Å². The van der Waals surface area contributed by atoms with Crippen molar-refractivity contribution in [1.29, 1.82) is 0 Å². The molecule has 1 aliphatic heterocycles. The largest absolute Gasteiger partial charge is 0.330 e. The zero-order valence-corrected chi connectivity index (χ0v) is 9.55. The highest BCUT2D eigenvalue weighted by Crippen LogP contribution is 2.35. The molecule has 3 nitrogen and oxygen atoms in total. The van der Waals surface area contributed by atoms with E-state index in [-0.39, 0.29) is 0 Å². The molecule has 1 aromatic rings. The Labute approximate surface area is 88.9 Å². The van der Waals surface area contributed by atoms with Gasteiger partial charge in [-0.3, -0.25) is 4.90 Å². The SMILES string of the molecule is Cc1nc(C2C(CN)CCN2C)cs1. The zero-order chi connectivity index (χ0) is 10.1. The first-order chi connectivity index (χ1) is 6.72. The molecule has 2 N–H and O–H groups in total. The first kappa shape index (κ1) is 10.1. The predicted molar refractivity (Wildman–Crippen MR) is 59.4 cm³/mol. The lowest BCUT2D eigenvalue weighted by molar-refractivity contribution is 0.274. The average Bonchev–Trinajstić information content (AvgIpc) is 2.71. The molecule has 78 valence electrons. The van der Waals surface area contributed by atoms with Gasteiger partial charge < -0.3 is 5.73 Å². The van der Waals surface area contributed by atoms with Crippen LogP contribution in [0.5, 0.6) is 0 Å². The molecule has 2 atom stereocenters. The molecule has 0 spiro atoms. The highest BCUT2D eigenvalue weighted by atomic mass is 32.1. The van der Waals surface area contributed by atoms with Gasteiger partial charge in [-0.25, -0.2) is 4.98 Å². The van der Waals surface area contributed by atoms with Crippen molar-refractivity contribution < 1.29 is 0 Å². The van der Waals surface area contributed by atoms with Gasteiger partial charge >= 0.3 is 0 Å². The van der Waals surface area contributed by atoms with E-state index in [1.807, 2.05) is 0 Å². The Bertz CT molecular complexity index is 310. The molecule has 2 unspecified atom stereocenters. The molecule has 2 rings (SSSR count). The fourth-order valence-corrected chi connectivity index (χ4v) is 2.90. The molecule has 4 heteroatoms. The van der Waals surface area contributed by atoms with Crippen molar-refractivity contribution in [2.75, 3.05) is 20.1 Å². The van der Waals surface area contributed by atoms with E-state index >= 15 is 0 Å². The van der Waals surface area contributed by atoms with Crippen LogP contribution in [0.25, 0.3) is 0 Å². The molecule has 2 heterocycles. The smallest absolute Gasteiger partial charge is 0.0898 e. The molecule has 0 amide bonds. The molecular weight excluding hydrogens is 194 g/mol. The summed E-state index contributed by atoms with van der Waals surface area (Å²) >= 11 is 1.73. The van der Waals surface area contributed by atoms with Crippen molar-refractivity contribution in [1.82, 2.24) is 9.88 Å². The summed E-state index contributed by atoms with van der Waals surface area (Å²) in [6.07, 6.45) is 1.20. The van der Waals surface area contributed by atoms with Crippen LogP contribution in [0.2, 0.25) is 0 Å². The Morgan fingerprint density at radius 3 is 3.07 bits per heavy atom. The first-order valence-electron chi connectivity index (χ1n) is 5.04. The highest BCUT2D eigenvalue weighted by Gasteiger charge is 2.33. The van der Waals surface area contributed by atoms with Crippen molar-refractivity contribution in [2.45, 2.75) is 19.4 Å². The normalized spacial score (nSPS) is 28.5. The molecule has 1 saturated heterocycles. The molecule has 0 aliphatic carbocycles. The van der Waals surface area contributed by atoms with E-state index in [1.54, 1.807) is 11.3 Å². The summed E-state index contributed by atoms with van der Waals surface area (Å²) in [4.78, 5) is 6.93. The number of nitrogens with two attached hydrogens (primary N) is 1. The molecule has 0 radical (unpaired) electrons. The van der Waals surface area contributed by atoms with Crippen molar-refractivity contribution in [3.8, 4) is 0 Å². The number of likely N-dealkylation sites (tertiary alicyclic amines) is 1. The van der Waals surface area contributed by atoms with Crippen molar-refractivity contribution >= 4 is 11.3 Å². The number of nitrogens with zero attached hydrogens (tertiary/aromatic N) is 2. The van der Waals surface area contributed by atoms with Crippen molar-refractivity contribution in [2.24, 2.45) is 11.7 Å². The van der Waals surface area contributed by atoms with Gasteiger partial charge in [-0.15, -0.1) is 11.3 Å². The van der Waals surface area contributed by atoms with E-state index < -0.39 is 0 Å². The maximum absolute atomic E-state index is 5.78. The van der Waals surface area contributed by atoms with E-state index in [2.05, 4.69) is 29.2 Å². The summed E-state index contributed by atoms with van der Waals surface area (Å²) in [6.45, 7) is 3.97. The van der Waals surface area contributed by atoms with Gasteiger partial charge in [0.1, 0.15) is 0 Å². The lowest BCUT2D eigenvalue weighted by Crippen LogP contribution is -2.25. The fourth-order valence-electron chi connectivity index (χ4n) is 2.26. The van der Waals surface area contributed by atoms with Gasteiger partial charge in [-0.2, -0.15) is 0 Å². The van der Waals surface area contributed by atoms with Gasteiger partial charge in [0.15, 0.2) is 0 Å². The number of thiazole rings is 1. The minimum atomic E-state index is 0.449. The van der Waals surface area contributed by atoms with E-state index in [1.165, 1.54) is 12.1 Å². The summed E-state index contributed by atoms with van der Waals surface area (Å²) in [6, 6.07) is 0.449. The monoisotopic (exact) mass is 211 g/mol. The topological polar surface area (TPSA) is 42.1 Å². The third-order valence-corrected chi connectivity index (χ3v) is 3.81. The van der Waals surface area contributed by atoms with Gasteiger partial charge in [0.2, 0.25) is 0 Å². The molecule has 1 aliphatic rings. The van der Waals surface area contributed by atoms with Crippen LogP contribution in [0.1, 0.15) is 23.2 Å². The average molecular weight is 211 g/mol. The highest BCUT2D eigenvalue weighted by molar-refractivity contribution is 7.09. The zero-order valence-electron chi connectivity index (χ0n) is 8.73. The minimum absolute atomic E-state index is 0.449. The number of aryl methyl sites for hydroxylation is 1. The van der Waals surface area contributed by atoms with E-state index in [0.29, 0.717) is 12.0 Å². The van der Waals surface area contributed by atoms with Crippen LogP contribution >= 0.6 is 11.3 Å². The number of aromatic nitrogens is 1. The first-order valence-corrected chi connectivity index (χ1v) is 5.92. The molecule has 0 saturated carbocycles. The fraction of sp³-hybridized carbons (Fsp3) is 0.700. The van der Waals surface area contributed by atoms with Crippen LogP contribution < -0.4 is 5.73 Å². The summed E-state index contributed by atoms with van der Waals surface area (Å²) < 4.78 is 0. The molecule has 1 fully saturated rings.